The summed E-state index contributed by atoms with van der Waals surface area (Å²) in [6.45, 7) is 2.51. The Morgan fingerprint density at radius 3 is 2.65 bits per heavy atom. The van der Waals surface area contributed by atoms with Gasteiger partial charge in [-0.2, -0.15) is 0 Å². The van der Waals surface area contributed by atoms with Gasteiger partial charge in [-0.25, -0.2) is 0 Å². The summed E-state index contributed by atoms with van der Waals surface area (Å²) in [5, 5.41) is 13.2. The van der Waals surface area contributed by atoms with Crippen LogP contribution in [0.5, 0.6) is 0 Å². The molecular weight excluding hydrogens is 216 g/mol. The molecule has 2 saturated carbocycles. The van der Waals surface area contributed by atoms with E-state index in [9.17, 15) is 9.90 Å². The van der Waals surface area contributed by atoms with E-state index in [2.05, 4.69) is 12.2 Å². The molecule has 4 N–H and O–H groups in total. The number of nitrogens with one attached hydrogen (secondary N) is 1. The van der Waals surface area contributed by atoms with Gasteiger partial charge in [-0.1, -0.05) is 19.8 Å². The summed E-state index contributed by atoms with van der Waals surface area (Å²) < 4.78 is 0. The summed E-state index contributed by atoms with van der Waals surface area (Å²) in [4.78, 5) is 11.9. The highest BCUT2D eigenvalue weighted by Gasteiger charge is 2.41. The van der Waals surface area contributed by atoms with Crippen LogP contribution in [-0.4, -0.2) is 28.7 Å². The van der Waals surface area contributed by atoms with Gasteiger partial charge in [0, 0.05) is 6.54 Å². The monoisotopic (exact) mass is 240 g/mol. The molecule has 2 rings (SSSR count). The predicted octanol–water partition coefficient (Wildman–Crippen LogP) is 0.925. The van der Waals surface area contributed by atoms with E-state index in [1.54, 1.807) is 0 Å². The molecule has 0 aromatic carbocycles. The molecule has 0 aromatic heterocycles. The number of hydrogen-bond donors (Lipinski definition) is 3. The minimum atomic E-state index is -0.715. The molecule has 4 nitrogen and oxygen atoms in total. The normalized spacial score (nSPS) is 36.1. The Bertz CT molecular complexity index is 302. The third-order valence-corrected chi connectivity index (χ3v) is 4.34. The fraction of sp³-hybridized carbons (Fsp3) is 0.923. The molecule has 0 aliphatic heterocycles. The quantitative estimate of drug-likeness (QED) is 0.687. The standard InChI is InChI=1S/C13H24N2O2/c1-10-4-2-5-12(17,8-10)9-15-11(16)13(14)6-3-7-13/h10,17H,2-9,14H2,1H3,(H,15,16). The van der Waals surface area contributed by atoms with Crippen molar-refractivity contribution in [2.45, 2.75) is 63.0 Å². The van der Waals surface area contributed by atoms with Crippen LogP contribution in [0.2, 0.25) is 0 Å². The van der Waals surface area contributed by atoms with Gasteiger partial charge in [0.15, 0.2) is 0 Å². The first-order valence-electron chi connectivity index (χ1n) is 6.73. The highest BCUT2D eigenvalue weighted by Crippen LogP contribution is 2.32. The van der Waals surface area contributed by atoms with Crippen LogP contribution in [0.3, 0.4) is 0 Å². The molecule has 2 unspecified atom stereocenters. The molecule has 2 atom stereocenters. The Balaban J connectivity index is 1.82. The second-order valence-electron chi connectivity index (χ2n) is 6.12. The zero-order chi connectivity index (χ0) is 12.5. The van der Waals surface area contributed by atoms with E-state index in [1.807, 2.05) is 0 Å². The van der Waals surface area contributed by atoms with Crippen molar-refractivity contribution in [1.82, 2.24) is 5.32 Å². The molecule has 17 heavy (non-hydrogen) atoms. The topological polar surface area (TPSA) is 75.3 Å². The first kappa shape index (κ1) is 12.8. The van der Waals surface area contributed by atoms with Gasteiger partial charge >= 0.3 is 0 Å². The molecule has 4 heteroatoms. The second kappa shape index (κ2) is 4.58. The van der Waals surface area contributed by atoms with Crippen LogP contribution in [-0.2, 0) is 4.79 Å². The predicted molar refractivity (Wildman–Crippen MR) is 66.4 cm³/mol. The van der Waals surface area contributed by atoms with Crippen LogP contribution in [0.15, 0.2) is 0 Å². The zero-order valence-corrected chi connectivity index (χ0v) is 10.7. The highest BCUT2D eigenvalue weighted by molar-refractivity contribution is 5.87. The van der Waals surface area contributed by atoms with Crippen molar-refractivity contribution >= 4 is 5.91 Å². The summed E-state index contributed by atoms with van der Waals surface area (Å²) in [6, 6.07) is 0. The first-order chi connectivity index (χ1) is 7.94. The molecule has 0 saturated heterocycles. The van der Waals surface area contributed by atoms with Gasteiger partial charge in [0.2, 0.25) is 5.91 Å². The van der Waals surface area contributed by atoms with Gasteiger partial charge in [0.1, 0.15) is 0 Å². The smallest absolute Gasteiger partial charge is 0.240 e. The summed E-state index contributed by atoms with van der Waals surface area (Å²) >= 11 is 0. The van der Waals surface area contributed by atoms with E-state index in [0.29, 0.717) is 12.5 Å². The summed E-state index contributed by atoms with van der Waals surface area (Å²) in [5.41, 5.74) is 4.57. The second-order valence-corrected chi connectivity index (χ2v) is 6.12. The molecular formula is C13H24N2O2. The molecule has 2 fully saturated rings. The molecule has 0 bridgehead atoms. The molecule has 98 valence electrons. The van der Waals surface area contributed by atoms with Crippen molar-refractivity contribution in [1.29, 1.82) is 0 Å². The average molecular weight is 240 g/mol. The number of amides is 1. The molecule has 0 aromatic rings. The van der Waals surface area contributed by atoms with Gasteiger partial charge in [-0.3, -0.25) is 4.79 Å². The minimum absolute atomic E-state index is 0.0876. The van der Waals surface area contributed by atoms with Crippen molar-refractivity contribution in [3.63, 3.8) is 0 Å². The SMILES string of the molecule is CC1CCCC(O)(CNC(=O)C2(N)CCC2)C1. The van der Waals surface area contributed by atoms with Gasteiger partial charge in [-0.15, -0.1) is 0 Å². The van der Waals surface area contributed by atoms with Crippen LogP contribution in [0.25, 0.3) is 0 Å². The fourth-order valence-electron chi connectivity index (χ4n) is 3.00. The largest absolute Gasteiger partial charge is 0.388 e. The highest BCUT2D eigenvalue weighted by atomic mass is 16.3. The Morgan fingerprint density at radius 2 is 2.12 bits per heavy atom. The van der Waals surface area contributed by atoms with Gasteiger partial charge in [0.25, 0.3) is 0 Å². The van der Waals surface area contributed by atoms with Crippen LogP contribution in [0.1, 0.15) is 51.9 Å². The minimum Gasteiger partial charge on any atom is -0.388 e. The molecule has 1 amide bonds. The Labute approximate surface area is 103 Å². The Hall–Kier alpha value is -0.610. The van der Waals surface area contributed by atoms with E-state index >= 15 is 0 Å². The average Bonchev–Trinajstić information content (AvgIpc) is 2.22. The lowest BCUT2D eigenvalue weighted by Gasteiger charge is -2.39. The Kier molecular flexibility index (Phi) is 3.46. The summed E-state index contributed by atoms with van der Waals surface area (Å²) in [6.07, 6.45) is 6.37. The number of aliphatic hydroxyl groups is 1. The van der Waals surface area contributed by atoms with Crippen molar-refractivity contribution in [3.05, 3.63) is 0 Å². The van der Waals surface area contributed by atoms with Crippen LogP contribution >= 0.6 is 0 Å². The van der Waals surface area contributed by atoms with Crippen LogP contribution in [0, 0.1) is 5.92 Å². The van der Waals surface area contributed by atoms with E-state index < -0.39 is 11.1 Å². The number of hydrogen-bond acceptors (Lipinski definition) is 3. The number of carbonyl (C=O) groups excluding carboxylic acids is 1. The fourth-order valence-corrected chi connectivity index (χ4v) is 3.00. The van der Waals surface area contributed by atoms with Crippen molar-refractivity contribution in [2.24, 2.45) is 11.7 Å². The van der Waals surface area contributed by atoms with Crippen molar-refractivity contribution < 1.29 is 9.90 Å². The van der Waals surface area contributed by atoms with E-state index in [1.165, 1.54) is 6.42 Å². The van der Waals surface area contributed by atoms with Crippen LogP contribution < -0.4 is 11.1 Å². The number of carbonyl (C=O) groups is 1. The summed E-state index contributed by atoms with van der Waals surface area (Å²) in [7, 11) is 0. The van der Waals surface area contributed by atoms with E-state index in [-0.39, 0.29) is 5.91 Å². The maximum atomic E-state index is 11.9. The van der Waals surface area contributed by atoms with Crippen molar-refractivity contribution in [2.75, 3.05) is 6.54 Å². The van der Waals surface area contributed by atoms with Gasteiger partial charge in [-0.05, 0) is 38.0 Å². The maximum absolute atomic E-state index is 11.9. The lowest BCUT2D eigenvalue weighted by molar-refractivity contribution is -0.131. The summed E-state index contributed by atoms with van der Waals surface area (Å²) in [5.74, 6) is 0.455. The van der Waals surface area contributed by atoms with Gasteiger partial charge in [0.05, 0.1) is 11.1 Å². The number of rotatable bonds is 3. The van der Waals surface area contributed by atoms with E-state index in [0.717, 1.165) is 38.5 Å². The van der Waals surface area contributed by atoms with Crippen molar-refractivity contribution in [3.8, 4) is 0 Å². The molecule has 2 aliphatic carbocycles. The van der Waals surface area contributed by atoms with Gasteiger partial charge < -0.3 is 16.2 Å². The molecule has 2 aliphatic rings. The molecule has 0 radical (unpaired) electrons. The lowest BCUT2D eigenvalue weighted by atomic mass is 9.76. The van der Waals surface area contributed by atoms with Crippen LogP contribution in [0.4, 0.5) is 0 Å². The molecule has 0 spiro atoms. The van der Waals surface area contributed by atoms with E-state index in [4.69, 9.17) is 5.73 Å². The third-order valence-electron chi connectivity index (χ3n) is 4.34. The zero-order valence-electron chi connectivity index (χ0n) is 10.7. The number of nitrogens with two attached hydrogens (primary N) is 1. The third kappa shape index (κ3) is 2.80. The first-order valence-corrected chi connectivity index (χ1v) is 6.73. The lowest BCUT2D eigenvalue weighted by Crippen LogP contribution is -2.60. The Morgan fingerprint density at radius 1 is 1.41 bits per heavy atom. The maximum Gasteiger partial charge on any atom is 0.240 e. The molecule has 0 heterocycles.